The Bertz CT molecular complexity index is 1230. The molecule has 1 aliphatic heterocycles. The molecule has 0 saturated carbocycles. The number of carbonyl (C=O) groups excluding carboxylic acids is 4. The first-order valence-corrected chi connectivity index (χ1v) is 12.9. The number of carbonyl (C=O) groups is 4. The molecule has 1 saturated heterocycles. The Morgan fingerprint density at radius 3 is 2.20 bits per heavy atom. The van der Waals surface area contributed by atoms with Crippen LogP contribution >= 0.6 is 0 Å². The lowest BCUT2D eigenvalue weighted by atomic mass is 9.98. The normalized spacial score (nSPS) is 17.1. The molecule has 10 nitrogen and oxygen atoms in total. The number of hydrogen-bond acceptors (Lipinski definition) is 7. The minimum absolute atomic E-state index is 0.134. The number of likely N-dealkylation sites (tertiary alicyclic amines) is 1. The van der Waals surface area contributed by atoms with Gasteiger partial charge in [-0.15, -0.1) is 0 Å². The van der Waals surface area contributed by atoms with Crippen LogP contribution in [0.25, 0.3) is 11.3 Å². The maximum absolute atomic E-state index is 13.5. The first-order chi connectivity index (χ1) is 18.7. The summed E-state index contributed by atoms with van der Waals surface area (Å²) < 4.78 is 49.5. The van der Waals surface area contributed by atoms with Crippen molar-refractivity contribution >= 4 is 23.5 Å². The summed E-state index contributed by atoms with van der Waals surface area (Å²) in [5, 5.41) is 8.73. The van der Waals surface area contributed by atoms with Gasteiger partial charge in [0.15, 0.2) is 0 Å². The maximum atomic E-state index is 13.5. The second-order valence-corrected chi connectivity index (χ2v) is 10.3. The van der Waals surface area contributed by atoms with Crippen LogP contribution in [0.3, 0.4) is 0 Å². The van der Waals surface area contributed by atoms with Gasteiger partial charge in [0, 0.05) is 18.2 Å². The predicted octanol–water partition coefficient (Wildman–Crippen LogP) is 3.37. The zero-order valence-corrected chi connectivity index (χ0v) is 22.9. The molecule has 3 amide bonds. The number of benzene rings is 1. The second kappa shape index (κ2) is 12.5. The van der Waals surface area contributed by atoms with Crippen molar-refractivity contribution in [1.82, 2.24) is 20.7 Å². The molecule has 0 aliphatic carbocycles. The van der Waals surface area contributed by atoms with E-state index in [2.05, 4.69) is 15.8 Å². The molecule has 0 spiro atoms. The fraction of sp³-hybridized carbons (Fsp3) is 0.519. The van der Waals surface area contributed by atoms with Crippen LogP contribution in [-0.2, 0) is 14.4 Å². The van der Waals surface area contributed by atoms with E-state index in [1.807, 2.05) is 0 Å². The molecule has 1 aromatic carbocycles. The van der Waals surface area contributed by atoms with Gasteiger partial charge in [-0.3, -0.25) is 19.2 Å². The highest BCUT2D eigenvalue weighted by Gasteiger charge is 2.46. The fourth-order valence-corrected chi connectivity index (χ4v) is 4.45. The summed E-state index contributed by atoms with van der Waals surface area (Å²) >= 11 is 0. The van der Waals surface area contributed by atoms with E-state index < -0.39 is 59.6 Å². The SMILES string of the molecule is COc1ccc(-c2cc(C(=O)N[C@H](C(=O)N3CCC[C@H]3C(=O)N[C@H](C(=O)C(F)(F)F)C(C)C)C(C)C)on2)cc1. The van der Waals surface area contributed by atoms with Crippen LogP contribution in [0.1, 0.15) is 51.1 Å². The molecule has 2 heterocycles. The van der Waals surface area contributed by atoms with Gasteiger partial charge in [0.25, 0.3) is 11.7 Å². The lowest BCUT2D eigenvalue weighted by Crippen LogP contribution is -2.58. The summed E-state index contributed by atoms with van der Waals surface area (Å²) in [7, 11) is 1.54. The maximum Gasteiger partial charge on any atom is 0.452 e. The average molecular weight is 567 g/mol. The van der Waals surface area contributed by atoms with E-state index in [0.717, 1.165) is 0 Å². The van der Waals surface area contributed by atoms with E-state index in [9.17, 15) is 32.3 Å². The van der Waals surface area contributed by atoms with Crippen molar-refractivity contribution in [1.29, 1.82) is 0 Å². The number of ketones is 1. The van der Waals surface area contributed by atoms with Crippen LogP contribution in [0.5, 0.6) is 5.75 Å². The molecule has 1 aliphatic rings. The van der Waals surface area contributed by atoms with Gasteiger partial charge in [-0.1, -0.05) is 32.9 Å². The molecule has 2 aromatic rings. The van der Waals surface area contributed by atoms with E-state index in [4.69, 9.17) is 9.26 Å². The molecule has 3 rings (SSSR count). The Labute approximate surface area is 229 Å². The quantitative estimate of drug-likeness (QED) is 0.451. The number of rotatable bonds is 10. The lowest BCUT2D eigenvalue weighted by molar-refractivity contribution is -0.175. The number of Topliss-reactive ketones (excluding diaryl/α,β-unsaturated/α-hetero) is 1. The minimum atomic E-state index is -5.12. The summed E-state index contributed by atoms with van der Waals surface area (Å²) in [5.74, 6) is -4.89. The number of amides is 3. The van der Waals surface area contributed by atoms with Crippen molar-refractivity contribution in [2.75, 3.05) is 13.7 Å². The molecule has 40 heavy (non-hydrogen) atoms. The van der Waals surface area contributed by atoms with E-state index in [0.29, 0.717) is 23.4 Å². The molecule has 1 aromatic heterocycles. The number of alkyl halides is 3. The molecule has 13 heteroatoms. The number of halogens is 3. The Kier molecular flexibility index (Phi) is 9.59. The lowest BCUT2D eigenvalue weighted by Gasteiger charge is -2.31. The van der Waals surface area contributed by atoms with Crippen LogP contribution in [0, 0.1) is 11.8 Å². The summed E-state index contributed by atoms with van der Waals surface area (Å²) in [5.41, 5.74) is 1.07. The van der Waals surface area contributed by atoms with Crippen LogP contribution in [0.15, 0.2) is 34.9 Å². The monoisotopic (exact) mass is 566 g/mol. The van der Waals surface area contributed by atoms with Crippen LogP contribution in [-0.4, -0.2) is 71.5 Å². The third-order valence-corrected chi connectivity index (χ3v) is 6.70. The number of nitrogens with one attached hydrogen (secondary N) is 2. The molecule has 0 unspecified atom stereocenters. The number of methoxy groups -OCH3 is 1. The second-order valence-electron chi connectivity index (χ2n) is 10.3. The smallest absolute Gasteiger partial charge is 0.452 e. The summed E-state index contributed by atoms with van der Waals surface area (Å²) in [6.07, 6.45) is -4.49. The number of hydrogen-bond donors (Lipinski definition) is 2. The molecule has 218 valence electrons. The largest absolute Gasteiger partial charge is 0.497 e. The zero-order valence-electron chi connectivity index (χ0n) is 22.9. The summed E-state index contributed by atoms with van der Waals surface area (Å²) in [6.45, 7) is 6.35. The molecular weight excluding hydrogens is 533 g/mol. The van der Waals surface area contributed by atoms with Crippen LogP contribution in [0.2, 0.25) is 0 Å². The third kappa shape index (κ3) is 6.99. The van der Waals surface area contributed by atoms with Crippen molar-refractivity contribution in [3.05, 3.63) is 36.1 Å². The summed E-state index contributed by atoms with van der Waals surface area (Å²) in [6, 6.07) is 4.43. The molecule has 2 N–H and O–H groups in total. The number of nitrogens with zero attached hydrogens (tertiary/aromatic N) is 2. The molecule has 0 bridgehead atoms. The Balaban J connectivity index is 1.72. The van der Waals surface area contributed by atoms with Crippen molar-refractivity contribution in [3.8, 4) is 17.0 Å². The zero-order chi connectivity index (χ0) is 29.8. The van der Waals surface area contributed by atoms with Crippen molar-refractivity contribution in [2.24, 2.45) is 11.8 Å². The first kappa shape index (κ1) is 30.6. The highest BCUT2D eigenvalue weighted by Crippen LogP contribution is 2.25. The van der Waals surface area contributed by atoms with Gasteiger partial charge in [-0.25, -0.2) is 0 Å². The topological polar surface area (TPSA) is 131 Å². The van der Waals surface area contributed by atoms with Crippen molar-refractivity contribution < 1.29 is 41.6 Å². The van der Waals surface area contributed by atoms with E-state index in [1.165, 1.54) is 31.9 Å². The van der Waals surface area contributed by atoms with E-state index in [1.54, 1.807) is 38.1 Å². The predicted molar refractivity (Wildman–Crippen MR) is 137 cm³/mol. The van der Waals surface area contributed by atoms with Crippen LogP contribution < -0.4 is 15.4 Å². The van der Waals surface area contributed by atoms with Crippen molar-refractivity contribution in [2.45, 2.75) is 64.8 Å². The summed E-state index contributed by atoms with van der Waals surface area (Å²) in [4.78, 5) is 52.5. The molecule has 1 fully saturated rings. The Morgan fingerprint density at radius 2 is 1.65 bits per heavy atom. The van der Waals surface area contributed by atoms with Crippen molar-refractivity contribution in [3.63, 3.8) is 0 Å². The Morgan fingerprint density at radius 1 is 1.02 bits per heavy atom. The fourth-order valence-electron chi connectivity index (χ4n) is 4.45. The third-order valence-electron chi connectivity index (χ3n) is 6.70. The molecule has 3 atom stereocenters. The van der Waals surface area contributed by atoms with Gasteiger partial charge < -0.3 is 24.8 Å². The van der Waals surface area contributed by atoms with Gasteiger partial charge in [-0.05, 0) is 48.9 Å². The Hall–Kier alpha value is -3.90. The van der Waals surface area contributed by atoms with Gasteiger partial charge in [0.2, 0.25) is 17.6 Å². The van der Waals surface area contributed by atoms with Gasteiger partial charge >= 0.3 is 6.18 Å². The molecular formula is C27H33F3N4O6. The van der Waals surface area contributed by atoms with E-state index >= 15 is 0 Å². The van der Waals surface area contributed by atoms with E-state index in [-0.39, 0.29) is 18.7 Å². The standard InChI is InChI=1S/C27H33F3N4O6/c1-14(2)21(23(35)27(28,29)30)31-24(36)19-7-6-12-34(19)26(38)22(15(3)4)32-25(37)20-13-18(33-40-20)16-8-10-17(39-5)11-9-16/h8-11,13-15,19,21-22H,6-7,12H2,1-5H3,(H,31,36)(H,32,37)/t19-,21-,22-/m0/s1. The first-order valence-electron chi connectivity index (χ1n) is 12.9. The minimum Gasteiger partial charge on any atom is -0.497 e. The van der Waals surface area contributed by atoms with Crippen LogP contribution in [0.4, 0.5) is 13.2 Å². The molecule has 0 radical (unpaired) electrons. The van der Waals surface area contributed by atoms with Gasteiger partial charge in [0.05, 0.1) is 13.2 Å². The van der Waals surface area contributed by atoms with Gasteiger partial charge in [-0.2, -0.15) is 13.2 Å². The number of aromatic nitrogens is 1. The number of ether oxygens (including phenoxy) is 1. The average Bonchev–Trinajstić information content (AvgIpc) is 3.59. The highest BCUT2D eigenvalue weighted by atomic mass is 19.4. The van der Waals surface area contributed by atoms with Gasteiger partial charge in [0.1, 0.15) is 23.5 Å². The highest BCUT2D eigenvalue weighted by molar-refractivity contribution is 5.98.